The molecule has 4 aromatic rings. The zero-order valence-corrected chi connectivity index (χ0v) is 19.1. The van der Waals surface area contributed by atoms with Gasteiger partial charge in [0.15, 0.2) is 5.78 Å². The molecule has 3 N–H and O–H groups in total. The Balaban J connectivity index is 0.00000306. The van der Waals surface area contributed by atoms with Gasteiger partial charge in [0.2, 0.25) is 0 Å². The van der Waals surface area contributed by atoms with Gasteiger partial charge in [-0.15, -0.1) is 12.4 Å². The van der Waals surface area contributed by atoms with E-state index in [4.69, 9.17) is 10.5 Å². The highest BCUT2D eigenvalue weighted by Crippen LogP contribution is 2.25. The molecule has 0 spiro atoms. The Labute approximate surface area is 198 Å². The standard InChI is InChI=1S/C26H23N3O3.ClH/c1-16-13-24(27)23-14-20(9-12-25(23)28-16)29-26(31)22-6-4-3-5-19(22)15-32-21-10-7-18(8-11-21)17(2)30;/h3-14H,15H2,1-2H3,(H2,27,28)(H,29,31);1H. The van der Waals surface area contributed by atoms with Crippen LogP contribution in [0.3, 0.4) is 0 Å². The van der Waals surface area contributed by atoms with Crippen molar-refractivity contribution in [2.24, 2.45) is 0 Å². The van der Waals surface area contributed by atoms with Crippen LogP contribution in [0.4, 0.5) is 11.4 Å². The summed E-state index contributed by atoms with van der Waals surface area (Å²) >= 11 is 0. The Morgan fingerprint density at radius 2 is 1.73 bits per heavy atom. The van der Waals surface area contributed by atoms with Crippen LogP contribution >= 0.6 is 12.4 Å². The third-order valence-electron chi connectivity index (χ3n) is 5.14. The summed E-state index contributed by atoms with van der Waals surface area (Å²) in [6, 6.07) is 21.5. The number of anilines is 2. The third-order valence-corrected chi connectivity index (χ3v) is 5.14. The van der Waals surface area contributed by atoms with E-state index in [0.717, 1.165) is 22.2 Å². The zero-order valence-electron chi connectivity index (χ0n) is 18.3. The minimum absolute atomic E-state index is 0. The van der Waals surface area contributed by atoms with Crippen LogP contribution in [0.2, 0.25) is 0 Å². The minimum atomic E-state index is -0.242. The number of carbonyl (C=O) groups is 2. The van der Waals surface area contributed by atoms with Gasteiger partial charge >= 0.3 is 0 Å². The van der Waals surface area contributed by atoms with Crippen LogP contribution in [-0.2, 0) is 6.61 Å². The highest BCUT2D eigenvalue weighted by Gasteiger charge is 2.13. The topological polar surface area (TPSA) is 94.3 Å². The van der Waals surface area contributed by atoms with Crippen molar-refractivity contribution in [1.29, 1.82) is 0 Å². The number of rotatable bonds is 6. The van der Waals surface area contributed by atoms with Crippen LogP contribution < -0.4 is 15.8 Å². The molecule has 33 heavy (non-hydrogen) atoms. The molecule has 168 valence electrons. The van der Waals surface area contributed by atoms with Crippen LogP contribution in [0.15, 0.2) is 72.8 Å². The first kappa shape index (κ1) is 23.8. The summed E-state index contributed by atoms with van der Waals surface area (Å²) in [6.45, 7) is 3.63. The molecule has 0 fully saturated rings. The molecular weight excluding hydrogens is 438 g/mol. The fraction of sp³-hybridized carbons (Fsp3) is 0.115. The zero-order chi connectivity index (χ0) is 22.7. The molecule has 0 bridgehead atoms. The fourth-order valence-corrected chi connectivity index (χ4v) is 3.48. The number of pyridine rings is 1. The lowest BCUT2D eigenvalue weighted by molar-refractivity contribution is 0.101. The molecule has 0 saturated heterocycles. The Bertz CT molecular complexity index is 1320. The van der Waals surface area contributed by atoms with E-state index >= 15 is 0 Å². The van der Waals surface area contributed by atoms with Crippen molar-refractivity contribution in [3.05, 3.63) is 95.2 Å². The average molecular weight is 462 g/mol. The van der Waals surface area contributed by atoms with Gasteiger partial charge < -0.3 is 15.8 Å². The van der Waals surface area contributed by atoms with Crippen LogP contribution in [0.25, 0.3) is 10.9 Å². The second-order valence-corrected chi connectivity index (χ2v) is 7.57. The summed E-state index contributed by atoms with van der Waals surface area (Å²) < 4.78 is 5.84. The molecule has 3 aromatic carbocycles. The second-order valence-electron chi connectivity index (χ2n) is 7.57. The van der Waals surface area contributed by atoms with Crippen molar-refractivity contribution >= 4 is 46.4 Å². The molecule has 6 nitrogen and oxygen atoms in total. The minimum Gasteiger partial charge on any atom is -0.489 e. The molecule has 7 heteroatoms. The summed E-state index contributed by atoms with van der Waals surface area (Å²) in [4.78, 5) is 28.9. The van der Waals surface area contributed by atoms with E-state index in [0.29, 0.717) is 28.3 Å². The van der Waals surface area contributed by atoms with E-state index in [2.05, 4.69) is 10.3 Å². The van der Waals surface area contributed by atoms with Crippen LogP contribution in [0, 0.1) is 6.92 Å². The van der Waals surface area contributed by atoms with Gasteiger partial charge in [-0.05, 0) is 68.4 Å². The largest absolute Gasteiger partial charge is 0.489 e. The van der Waals surface area contributed by atoms with Crippen LogP contribution in [-0.4, -0.2) is 16.7 Å². The third kappa shape index (κ3) is 5.48. The first-order chi connectivity index (χ1) is 15.4. The van der Waals surface area contributed by atoms with Crippen molar-refractivity contribution < 1.29 is 14.3 Å². The molecule has 0 unspecified atom stereocenters. The molecule has 1 heterocycles. The number of nitrogens with two attached hydrogens (primary N) is 1. The van der Waals surface area contributed by atoms with Gasteiger partial charge in [-0.1, -0.05) is 18.2 Å². The van der Waals surface area contributed by atoms with Crippen LogP contribution in [0.1, 0.15) is 38.9 Å². The molecule has 0 radical (unpaired) electrons. The van der Waals surface area contributed by atoms with Crippen molar-refractivity contribution in [3.63, 3.8) is 0 Å². The number of aryl methyl sites for hydroxylation is 1. The van der Waals surface area contributed by atoms with E-state index in [1.54, 1.807) is 30.3 Å². The van der Waals surface area contributed by atoms with E-state index < -0.39 is 0 Å². The highest BCUT2D eigenvalue weighted by atomic mass is 35.5. The molecule has 1 aromatic heterocycles. The summed E-state index contributed by atoms with van der Waals surface area (Å²) in [5, 5.41) is 3.73. The number of carbonyl (C=O) groups excluding carboxylic acids is 2. The van der Waals surface area contributed by atoms with E-state index in [-0.39, 0.29) is 30.7 Å². The number of ketones is 1. The molecule has 0 aliphatic rings. The van der Waals surface area contributed by atoms with Gasteiger partial charge in [0.1, 0.15) is 12.4 Å². The molecule has 1 amide bonds. The molecular formula is C26H24ClN3O3. The van der Waals surface area contributed by atoms with Gasteiger partial charge in [0.25, 0.3) is 5.91 Å². The van der Waals surface area contributed by atoms with E-state index in [1.807, 2.05) is 49.4 Å². The first-order valence-corrected chi connectivity index (χ1v) is 10.2. The fourth-order valence-electron chi connectivity index (χ4n) is 3.48. The lowest BCUT2D eigenvalue weighted by Gasteiger charge is -2.12. The van der Waals surface area contributed by atoms with Crippen LogP contribution in [0.5, 0.6) is 5.75 Å². The lowest BCUT2D eigenvalue weighted by Crippen LogP contribution is -2.15. The maximum absolute atomic E-state index is 13.0. The maximum atomic E-state index is 13.0. The Hall–Kier alpha value is -3.90. The number of nitrogens with one attached hydrogen (secondary N) is 1. The lowest BCUT2D eigenvalue weighted by atomic mass is 10.1. The number of benzene rings is 3. The molecule has 4 rings (SSSR count). The monoisotopic (exact) mass is 461 g/mol. The normalized spacial score (nSPS) is 10.4. The maximum Gasteiger partial charge on any atom is 0.256 e. The van der Waals surface area contributed by atoms with Crippen molar-refractivity contribution in [2.45, 2.75) is 20.5 Å². The number of nitrogen functional groups attached to an aromatic ring is 1. The van der Waals surface area contributed by atoms with Crippen molar-refractivity contribution in [2.75, 3.05) is 11.1 Å². The Morgan fingerprint density at radius 3 is 2.45 bits per heavy atom. The number of hydrogen-bond donors (Lipinski definition) is 2. The number of halogens is 1. The number of Topliss-reactive ketones (excluding diaryl/α,β-unsaturated/α-hetero) is 1. The number of aromatic nitrogens is 1. The highest BCUT2D eigenvalue weighted by molar-refractivity contribution is 6.06. The molecule has 0 saturated carbocycles. The van der Waals surface area contributed by atoms with E-state index in [1.165, 1.54) is 6.92 Å². The quantitative estimate of drug-likeness (QED) is 0.365. The Morgan fingerprint density at radius 1 is 1.00 bits per heavy atom. The number of amides is 1. The molecule has 0 aliphatic heterocycles. The summed E-state index contributed by atoms with van der Waals surface area (Å²) in [6.07, 6.45) is 0. The van der Waals surface area contributed by atoms with Gasteiger partial charge in [0, 0.05) is 39.1 Å². The van der Waals surface area contributed by atoms with Crippen molar-refractivity contribution in [3.8, 4) is 5.75 Å². The van der Waals surface area contributed by atoms with Gasteiger partial charge in [0.05, 0.1) is 5.52 Å². The summed E-state index contributed by atoms with van der Waals surface area (Å²) in [5.41, 5.74) is 10.9. The van der Waals surface area contributed by atoms with E-state index in [9.17, 15) is 9.59 Å². The number of nitrogens with zero attached hydrogens (tertiary/aromatic N) is 1. The average Bonchev–Trinajstić information content (AvgIpc) is 2.78. The smallest absolute Gasteiger partial charge is 0.256 e. The number of ether oxygens (including phenoxy) is 1. The number of fused-ring (bicyclic) bond motifs is 1. The SMILES string of the molecule is CC(=O)c1ccc(OCc2ccccc2C(=O)Nc2ccc3nc(C)cc(N)c3c2)cc1.Cl. The van der Waals surface area contributed by atoms with Gasteiger partial charge in [-0.25, -0.2) is 0 Å². The number of hydrogen-bond acceptors (Lipinski definition) is 5. The predicted octanol–water partition coefficient (Wildman–Crippen LogP) is 5.58. The van der Waals surface area contributed by atoms with Crippen molar-refractivity contribution in [1.82, 2.24) is 4.98 Å². The molecule has 0 atom stereocenters. The molecule has 0 aliphatic carbocycles. The predicted molar refractivity (Wildman–Crippen MR) is 133 cm³/mol. The van der Waals surface area contributed by atoms with Gasteiger partial charge in [-0.2, -0.15) is 0 Å². The Kier molecular flexibility index (Phi) is 7.30. The second kappa shape index (κ2) is 10.1. The van der Waals surface area contributed by atoms with Gasteiger partial charge in [-0.3, -0.25) is 14.6 Å². The summed E-state index contributed by atoms with van der Waals surface area (Å²) in [5.74, 6) is 0.382. The first-order valence-electron chi connectivity index (χ1n) is 10.2. The summed E-state index contributed by atoms with van der Waals surface area (Å²) in [7, 11) is 0.